The average Bonchev–Trinajstić information content (AvgIpc) is 3.45. The molecule has 2 aromatic rings. The molecule has 4 rings (SSSR count). The lowest BCUT2D eigenvalue weighted by molar-refractivity contribution is -0.137. The lowest BCUT2D eigenvalue weighted by Crippen LogP contribution is -2.01. The monoisotopic (exact) mass is 376 g/mol. The Kier molecular flexibility index (Phi) is 5.80. The number of allylic oxidation sites excluding steroid dienone is 1. The normalized spacial score (nSPS) is 16.4. The molecule has 3 nitrogen and oxygen atoms in total. The minimum atomic E-state index is -0.734. The summed E-state index contributed by atoms with van der Waals surface area (Å²) in [7, 11) is 0. The van der Waals surface area contributed by atoms with Crippen LogP contribution in [0, 0.1) is 0 Å². The maximum absolute atomic E-state index is 10.6. The first-order valence-electron chi connectivity index (χ1n) is 10.4. The fraction of sp³-hybridized carbons (Fsp3) is 0.400. The summed E-state index contributed by atoms with van der Waals surface area (Å²) in [5.41, 5.74) is 6.89. The van der Waals surface area contributed by atoms with E-state index in [4.69, 9.17) is 9.84 Å². The zero-order valence-electron chi connectivity index (χ0n) is 16.3. The van der Waals surface area contributed by atoms with Gasteiger partial charge in [0.1, 0.15) is 12.4 Å². The molecular formula is C25H28O3. The standard InChI is InChI=1S/C25H28O3/c26-25(27)6-1-3-18-7-15-23(16-8-18)28-17-22-4-2-5-24(22)21-13-11-20(12-14-21)19-9-10-19/h7-8,11-16,19H,1-6,9-10,17H2,(H,26,27). The number of rotatable bonds is 9. The number of hydrogen-bond donors (Lipinski definition) is 1. The van der Waals surface area contributed by atoms with Crippen LogP contribution in [-0.4, -0.2) is 17.7 Å². The van der Waals surface area contributed by atoms with Gasteiger partial charge in [0.15, 0.2) is 0 Å². The highest BCUT2D eigenvalue weighted by Crippen LogP contribution is 2.41. The van der Waals surface area contributed by atoms with E-state index >= 15 is 0 Å². The summed E-state index contributed by atoms with van der Waals surface area (Å²) in [6.07, 6.45) is 7.84. The molecule has 0 heterocycles. The van der Waals surface area contributed by atoms with Crippen LogP contribution in [0.5, 0.6) is 5.75 Å². The van der Waals surface area contributed by atoms with Gasteiger partial charge in [-0.3, -0.25) is 4.79 Å². The van der Waals surface area contributed by atoms with Gasteiger partial charge in [0.2, 0.25) is 0 Å². The number of benzene rings is 2. The van der Waals surface area contributed by atoms with Crippen molar-refractivity contribution in [2.75, 3.05) is 6.61 Å². The Labute approximate surface area is 167 Å². The summed E-state index contributed by atoms with van der Waals surface area (Å²) in [6, 6.07) is 17.3. The molecule has 0 unspecified atom stereocenters. The Hall–Kier alpha value is -2.55. The van der Waals surface area contributed by atoms with Crippen molar-refractivity contribution in [1.29, 1.82) is 0 Å². The van der Waals surface area contributed by atoms with E-state index in [2.05, 4.69) is 24.3 Å². The number of ether oxygens (including phenoxy) is 1. The van der Waals surface area contributed by atoms with Gasteiger partial charge in [0.05, 0.1) is 0 Å². The number of carboxylic acid groups (broad SMARTS) is 1. The lowest BCUT2D eigenvalue weighted by atomic mass is 10.00. The van der Waals surface area contributed by atoms with Crippen molar-refractivity contribution in [1.82, 2.24) is 0 Å². The predicted octanol–water partition coefficient (Wildman–Crippen LogP) is 5.99. The SMILES string of the molecule is O=C(O)CCCc1ccc(OCC2=C(c3ccc(C4CC4)cc3)CCC2)cc1. The zero-order chi connectivity index (χ0) is 19.3. The van der Waals surface area contributed by atoms with Gasteiger partial charge in [-0.05, 0) is 90.8 Å². The molecule has 0 amide bonds. The molecule has 0 aromatic heterocycles. The van der Waals surface area contributed by atoms with E-state index in [9.17, 15) is 4.79 Å². The van der Waals surface area contributed by atoms with Crippen LogP contribution in [0.3, 0.4) is 0 Å². The topological polar surface area (TPSA) is 46.5 Å². The van der Waals surface area contributed by atoms with Gasteiger partial charge in [0, 0.05) is 6.42 Å². The second-order valence-electron chi connectivity index (χ2n) is 8.01. The van der Waals surface area contributed by atoms with Crippen LogP contribution in [0.15, 0.2) is 54.1 Å². The molecule has 1 fully saturated rings. The number of aryl methyl sites for hydroxylation is 1. The van der Waals surface area contributed by atoms with E-state index < -0.39 is 5.97 Å². The van der Waals surface area contributed by atoms with E-state index in [1.54, 1.807) is 0 Å². The molecule has 146 valence electrons. The smallest absolute Gasteiger partial charge is 0.303 e. The summed E-state index contributed by atoms with van der Waals surface area (Å²) < 4.78 is 6.06. The zero-order valence-corrected chi connectivity index (χ0v) is 16.3. The summed E-state index contributed by atoms with van der Waals surface area (Å²) in [5.74, 6) is 0.953. The van der Waals surface area contributed by atoms with E-state index in [-0.39, 0.29) is 6.42 Å². The number of carbonyl (C=O) groups is 1. The first-order chi connectivity index (χ1) is 13.7. The van der Waals surface area contributed by atoms with Crippen LogP contribution in [0.1, 0.15) is 67.6 Å². The Morgan fingerprint density at radius 2 is 1.75 bits per heavy atom. The fourth-order valence-electron chi connectivity index (χ4n) is 4.05. The largest absolute Gasteiger partial charge is 0.489 e. The van der Waals surface area contributed by atoms with Crippen molar-refractivity contribution >= 4 is 11.5 Å². The van der Waals surface area contributed by atoms with Crippen LogP contribution in [0.25, 0.3) is 5.57 Å². The first-order valence-corrected chi connectivity index (χ1v) is 10.4. The molecule has 1 N–H and O–H groups in total. The molecule has 0 aliphatic heterocycles. The third kappa shape index (κ3) is 4.83. The third-order valence-corrected chi connectivity index (χ3v) is 5.83. The van der Waals surface area contributed by atoms with Gasteiger partial charge < -0.3 is 9.84 Å². The van der Waals surface area contributed by atoms with Gasteiger partial charge >= 0.3 is 5.97 Å². The fourth-order valence-corrected chi connectivity index (χ4v) is 4.05. The average molecular weight is 376 g/mol. The maximum Gasteiger partial charge on any atom is 0.303 e. The van der Waals surface area contributed by atoms with Crippen LogP contribution >= 0.6 is 0 Å². The Bertz CT molecular complexity index is 842. The molecule has 0 spiro atoms. The predicted molar refractivity (Wildman–Crippen MR) is 112 cm³/mol. The maximum atomic E-state index is 10.6. The summed E-state index contributed by atoms with van der Waals surface area (Å²) >= 11 is 0. The van der Waals surface area contributed by atoms with E-state index in [1.807, 2.05) is 24.3 Å². The van der Waals surface area contributed by atoms with Crippen molar-refractivity contribution in [3.8, 4) is 5.75 Å². The molecule has 1 saturated carbocycles. The quantitative estimate of drug-likeness (QED) is 0.585. The molecule has 28 heavy (non-hydrogen) atoms. The van der Waals surface area contributed by atoms with E-state index in [1.165, 1.54) is 41.5 Å². The van der Waals surface area contributed by atoms with Crippen LogP contribution < -0.4 is 4.74 Å². The summed E-state index contributed by atoms with van der Waals surface area (Å²) in [4.78, 5) is 10.6. The van der Waals surface area contributed by atoms with Gasteiger partial charge in [-0.2, -0.15) is 0 Å². The van der Waals surface area contributed by atoms with Gasteiger partial charge in [-0.15, -0.1) is 0 Å². The highest BCUT2D eigenvalue weighted by molar-refractivity contribution is 5.71. The summed E-state index contributed by atoms with van der Waals surface area (Å²) in [5, 5.41) is 8.73. The second-order valence-corrected chi connectivity index (χ2v) is 8.01. The van der Waals surface area contributed by atoms with Crippen molar-refractivity contribution in [3.63, 3.8) is 0 Å². The molecule has 0 saturated heterocycles. The number of carboxylic acids is 1. The first kappa shape index (κ1) is 18.8. The summed E-state index contributed by atoms with van der Waals surface area (Å²) in [6.45, 7) is 0.651. The minimum absolute atomic E-state index is 0.219. The number of aliphatic carboxylic acids is 1. The molecular weight excluding hydrogens is 348 g/mol. The second kappa shape index (κ2) is 8.64. The Morgan fingerprint density at radius 1 is 1.00 bits per heavy atom. The van der Waals surface area contributed by atoms with E-state index in [0.717, 1.165) is 36.5 Å². The molecule has 2 aliphatic carbocycles. The number of hydrogen-bond acceptors (Lipinski definition) is 2. The minimum Gasteiger partial charge on any atom is -0.489 e. The molecule has 2 aromatic carbocycles. The Balaban J connectivity index is 1.35. The van der Waals surface area contributed by atoms with Gasteiger partial charge in [0.25, 0.3) is 0 Å². The molecule has 0 atom stereocenters. The molecule has 3 heteroatoms. The van der Waals surface area contributed by atoms with Crippen molar-refractivity contribution in [2.45, 2.75) is 57.3 Å². The lowest BCUT2D eigenvalue weighted by Gasteiger charge is -2.11. The van der Waals surface area contributed by atoms with E-state index in [0.29, 0.717) is 13.0 Å². The van der Waals surface area contributed by atoms with Gasteiger partial charge in [-0.25, -0.2) is 0 Å². The van der Waals surface area contributed by atoms with Crippen molar-refractivity contribution in [3.05, 3.63) is 70.8 Å². The highest BCUT2D eigenvalue weighted by atomic mass is 16.5. The molecule has 0 radical (unpaired) electrons. The van der Waals surface area contributed by atoms with Crippen molar-refractivity contribution in [2.24, 2.45) is 0 Å². The molecule has 0 bridgehead atoms. The van der Waals surface area contributed by atoms with Crippen LogP contribution in [0.4, 0.5) is 0 Å². The Morgan fingerprint density at radius 3 is 2.43 bits per heavy atom. The highest BCUT2D eigenvalue weighted by Gasteiger charge is 2.23. The molecule has 2 aliphatic rings. The van der Waals surface area contributed by atoms with Crippen LogP contribution in [0.2, 0.25) is 0 Å². The third-order valence-electron chi connectivity index (χ3n) is 5.83. The van der Waals surface area contributed by atoms with Crippen molar-refractivity contribution < 1.29 is 14.6 Å². The van der Waals surface area contributed by atoms with Crippen LogP contribution in [-0.2, 0) is 11.2 Å². The van der Waals surface area contributed by atoms with Gasteiger partial charge in [-0.1, -0.05) is 36.4 Å².